The first-order valence-corrected chi connectivity index (χ1v) is 8.83. The predicted octanol–water partition coefficient (Wildman–Crippen LogP) is 3.21. The van der Waals surface area contributed by atoms with Gasteiger partial charge in [-0.25, -0.2) is 9.48 Å². The van der Waals surface area contributed by atoms with Crippen molar-refractivity contribution in [1.82, 2.24) is 9.78 Å². The number of primary amides is 1. The molecule has 4 rings (SSSR count). The third kappa shape index (κ3) is 3.74. The molecule has 0 radical (unpaired) electrons. The monoisotopic (exact) mass is 361 g/mol. The van der Waals surface area contributed by atoms with Crippen molar-refractivity contribution in [2.45, 2.75) is 25.4 Å². The van der Waals surface area contributed by atoms with Gasteiger partial charge in [0.15, 0.2) is 5.69 Å². The molecular weight excluding hydrogens is 342 g/mol. The van der Waals surface area contributed by atoms with Crippen LogP contribution in [-0.2, 0) is 11.3 Å². The summed E-state index contributed by atoms with van der Waals surface area (Å²) in [6, 6.07) is 18.0. The number of ether oxygens (including phenoxy) is 1. The highest BCUT2D eigenvalue weighted by Crippen LogP contribution is 2.39. The summed E-state index contributed by atoms with van der Waals surface area (Å²) in [4.78, 5) is 23.8. The number of esters is 1. The standard InChI is InChI=1S/C21H19N3O3/c22-20(25)16-8-6-14(7-9-16)13-27-21(26)19-12-18(15-10-11-15)23-24(19)17-4-2-1-3-5-17/h1-9,12,15H,10-11,13H2,(H2,22,25). The lowest BCUT2D eigenvalue weighted by molar-refractivity contribution is 0.0461. The molecule has 0 unspecified atom stereocenters. The first-order chi connectivity index (χ1) is 13.1. The molecule has 27 heavy (non-hydrogen) atoms. The van der Waals surface area contributed by atoms with Gasteiger partial charge in [-0.3, -0.25) is 4.79 Å². The highest BCUT2D eigenvalue weighted by molar-refractivity contribution is 5.92. The molecule has 1 aliphatic carbocycles. The minimum Gasteiger partial charge on any atom is -0.456 e. The molecule has 1 fully saturated rings. The van der Waals surface area contributed by atoms with E-state index in [1.165, 1.54) is 0 Å². The second kappa shape index (κ2) is 7.07. The summed E-state index contributed by atoms with van der Waals surface area (Å²) >= 11 is 0. The van der Waals surface area contributed by atoms with Crippen LogP contribution in [0.2, 0.25) is 0 Å². The Balaban J connectivity index is 1.53. The lowest BCUT2D eigenvalue weighted by atomic mass is 10.1. The summed E-state index contributed by atoms with van der Waals surface area (Å²) < 4.78 is 7.12. The van der Waals surface area contributed by atoms with Crippen molar-refractivity contribution < 1.29 is 14.3 Å². The highest BCUT2D eigenvalue weighted by atomic mass is 16.5. The quantitative estimate of drug-likeness (QED) is 0.683. The summed E-state index contributed by atoms with van der Waals surface area (Å²) in [5.74, 6) is -0.488. The van der Waals surface area contributed by atoms with Crippen LogP contribution in [0, 0.1) is 0 Å². The molecule has 6 heteroatoms. The molecule has 136 valence electrons. The number of nitrogens with two attached hydrogens (primary N) is 1. The van der Waals surface area contributed by atoms with Crippen molar-refractivity contribution in [3.63, 3.8) is 0 Å². The number of carbonyl (C=O) groups is 2. The molecule has 2 aromatic carbocycles. The maximum atomic E-state index is 12.7. The van der Waals surface area contributed by atoms with E-state index in [9.17, 15) is 9.59 Å². The zero-order valence-corrected chi connectivity index (χ0v) is 14.7. The Labute approximate surface area is 156 Å². The van der Waals surface area contributed by atoms with E-state index >= 15 is 0 Å². The van der Waals surface area contributed by atoms with E-state index in [0.29, 0.717) is 17.2 Å². The van der Waals surface area contributed by atoms with E-state index in [1.807, 2.05) is 36.4 Å². The fourth-order valence-corrected chi connectivity index (χ4v) is 2.88. The van der Waals surface area contributed by atoms with E-state index in [-0.39, 0.29) is 6.61 Å². The minimum absolute atomic E-state index is 0.108. The molecule has 1 heterocycles. The Bertz CT molecular complexity index is 974. The smallest absolute Gasteiger partial charge is 0.357 e. The van der Waals surface area contributed by atoms with Crippen LogP contribution in [0.15, 0.2) is 60.7 Å². The molecule has 1 amide bonds. The zero-order chi connectivity index (χ0) is 18.8. The Kier molecular flexibility index (Phi) is 4.46. The summed E-state index contributed by atoms with van der Waals surface area (Å²) in [5, 5.41) is 4.61. The first kappa shape index (κ1) is 17.0. The van der Waals surface area contributed by atoms with E-state index in [1.54, 1.807) is 28.9 Å². The number of hydrogen-bond donors (Lipinski definition) is 1. The second-order valence-corrected chi connectivity index (χ2v) is 6.61. The van der Waals surface area contributed by atoms with Gasteiger partial charge in [-0.15, -0.1) is 0 Å². The molecule has 0 spiro atoms. The predicted molar refractivity (Wildman–Crippen MR) is 99.6 cm³/mol. The van der Waals surface area contributed by atoms with Gasteiger partial charge in [-0.05, 0) is 48.7 Å². The lowest BCUT2D eigenvalue weighted by Crippen LogP contribution is -2.12. The van der Waals surface area contributed by atoms with Crippen LogP contribution in [0.3, 0.4) is 0 Å². The van der Waals surface area contributed by atoms with Crippen molar-refractivity contribution >= 4 is 11.9 Å². The molecule has 0 bridgehead atoms. The third-order valence-corrected chi connectivity index (χ3v) is 4.54. The number of carbonyl (C=O) groups excluding carboxylic acids is 2. The maximum Gasteiger partial charge on any atom is 0.357 e. The molecule has 3 aromatic rings. The van der Waals surface area contributed by atoms with E-state index < -0.39 is 11.9 Å². The molecule has 2 N–H and O–H groups in total. The highest BCUT2D eigenvalue weighted by Gasteiger charge is 2.29. The Morgan fingerprint density at radius 2 is 1.78 bits per heavy atom. The van der Waals surface area contributed by atoms with Crippen molar-refractivity contribution in [2.24, 2.45) is 5.73 Å². The van der Waals surface area contributed by atoms with Crippen LogP contribution in [-0.4, -0.2) is 21.7 Å². The lowest BCUT2D eigenvalue weighted by Gasteiger charge is -2.08. The van der Waals surface area contributed by atoms with Crippen molar-refractivity contribution in [3.05, 3.63) is 83.2 Å². The number of para-hydroxylation sites is 1. The molecule has 0 saturated heterocycles. The summed E-state index contributed by atoms with van der Waals surface area (Å²) in [6.45, 7) is 0.108. The Hall–Kier alpha value is -3.41. The van der Waals surface area contributed by atoms with Gasteiger partial charge in [0.25, 0.3) is 0 Å². The van der Waals surface area contributed by atoms with Crippen LogP contribution in [0.4, 0.5) is 0 Å². The summed E-state index contributed by atoms with van der Waals surface area (Å²) in [5.41, 5.74) is 8.59. The van der Waals surface area contributed by atoms with Gasteiger partial charge in [0.2, 0.25) is 5.91 Å². The first-order valence-electron chi connectivity index (χ1n) is 8.83. The largest absolute Gasteiger partial charge is 0.456 e. The fraction of sp³-hybridized carbons (Fsp3) is 0.190. The fourth-order valence-electron chi connectivity index (χ4n) is 2.88. The number of rotatable bonds is 6. The molecular formula is C21H19N3O3. The number of aromatic nitrogens is 2. The summed E-state index contributed by atoms with van der Waals surface area (Å²) in [6.07, 6.45) is 2.21. The maximum absolute atomic E-state index is 12.7. The van der Waals surface area contributed by atoms with Gasteiger partial charge in [0, 0.05) is 11.5 Å². The van der Waals surface area contributed by atoms with Gasteiger partial charge < -0.3 is 10.5 Å². The number of benzene rings is 2. The normalized spacial score (nSPS) is 13.3. The van der Waals surface area contributed by atoms with Crippen LogP contribution >= 0.6 is 0 Å². The molecule has 1 saturated carbocycles. The van der Waals surface area contributed by atoms with Crippen LogP contribution in [0.25, 0.3) is 5.69 Å². The van der Waals surface area contributed by atoms with Crippen LogP contribution < -0.4 is 5.73 Å². The van der Waals surface area contributed by atoms with E-state index in [2.05, 4.69) is 5.10 Å². The Morgan fingerprint density at radius 3 is 2.41 bits per heavy atom. The zero-order valence-electron chi connectivity index (χ0n) is 14.7. The topological polar surface area (TPSA) is 87.2 Å². The molecule has 0 atom stereocenters. The van der Waals surface area contributed by atoms with Crippen LogP contribution in [0.5, 0.6) is 0 Å². The van der Waals surface area contributed by atoms with Crippen molar-refractivity contribution in [2.75, 3.05) is 0 Å². The Morgan fingerprint density at radius 1 is 1.07 bits per heavy atom. The average molecular weight is 361 g/mol. The third-order valence-electron chi connectivity index (χ3n) is 4.54. The van der Waals surface area contributed by atoms with Crippen molar-refractivity contribution in [3.8, 4) is 5.69 Å². The average Bonchev–Trinajstić information content (AvgIpc) is 3.45. The van der Waals surface area contributed by atoms with E-state index in [0.717, 1.165) is 29.8 Å². The minimum atomic E-state index is -0.488. The van der Waals surface area contributed by atoms with Gasteiger partial charge >= 0.3 is 5.97 Å². The number of nitrogens with zero attached hydrogens (tertiary/aromatic N) is 2. The van der Waals surface area contributed by atoms with Gasteiger partial charge in [-0.2, -0.15) is 5.10 Å². The van der Waals surface area contributed by atoms with Crippen molar-refractivity contribution in [1.29, 1.82) is 0 Å². The molecule has 1 aromatic heterocycles. The van der Waals surface area contributed by atoms with E-state index in [4.69, 9.17) is 10.5 Å². The summed E-state index contributed by atoms with van der Waals surface area (Å²) in [7, 11) is 0. The number of hydrogen-bond acceptors (Lipinski definition) is 4. The molecule has 6 nitrogen and oxygen atoms in total. The molecule has 0 aliphatic heterocycles. The van der Waals surface area contributed by atoms with Gasteiger partial charge in [0.05, 0.1) is 11.4 Å². The second-order valence-electron chi connectivity index (χ2n) is 6.61. The van der Waals surface area contributed by atoms with Gasteiger partial charge in [0.1, 0.15) is 6.61 Å². The van der Waals surface area contributed by atoms with Gasteiger partial charge in [-0.1, -0.05) is 30.3 Å². The number of amides is 1. The molecule has 1 aliphatic rings. The van der Waals surface area contributed by atoms with Crippen LogP contribution in [0.1, 0.15) is 50.9 Å². The SMILES string of the molecule is NC(=O)c1ccc(COC(=O)c2cc(C3CC3)nn2-c2ccccc2)cc1.